The topological polar surface area (TPSA) is 58.4 Å². The van der Waals surface area contributed by atoms with Crippen LogP contribution in [0.3, 0.4) is 0 Å². The van der Waals surface area contributed by atoms with Crippen molar-refractivity contribution in [3.05, 3.63) is 24.3 Å². The monoisotopic (exact) mass is 235 g/mol. The van der Waals surface area contributed by atoms with Crippen LogP contribution in [0, 0.1) is 0 Å². The third-order valence-electron chi connectivity index (χ3n) is 2.71. The largest absolute Gasteiger partial charge is 0.372 e. The maximum Gasteiger partial charge on any atom is 0.240 e. The molecule has 17 heavy (non-hydrogen) atoms. The molecule has 1 rings (SSSR count). The van der Waals surface area contributed by atoms with Crippen LogP contribution in [0.5, 0.6) is 0 Å². The predicted octanol–water partition coefficient (Wildman–Crippen LogP) is 1.82. The predicted molar refractivity (Wildman–Crippen MR) is 72.3 cm³/mol. The van der Waals surface area contributed by atoms with Gasteiger partial charge in [-0.05, 0) is 39.0 Å². The Morgan fingerprint density at radius 2 is 2.00 bits per heavy atom. The Morgan fingerprint density at radius 1 is 1.35 bits per heavy atom. The molecule has 0 fully saturated rings. The fraction of sp³-hybridized carbons (Fsp3) is 0.462. The number of amides is 1. The lowest BCUT2D eigenvalue weighted by Gasteiger charge is -2.24. The van der Waals surface area contributed by atoms with E-state index in [1.54, 1.807) is 6.92 Å². The van der Waals surface area contributed by atoms with Gasteiger partial charge in [0.15, 0.2) is 0 Å². The van der Waals surface area contributed by atoms with Crippen LogP contribution < -0.4 is 16.0 Å². The molecule has 4 nitrogen and oxygen atoms in total. The third-order valence-corrected chi connectivity index (χ3v) is 2.71. The fourth-order valence-corrected chi connectivity index (χ4v) is 1.36. The van der Waals surface area contributed by atoms with Gasteiger partial charge in [-0.3, -0.25) is 4.79 Å². The summed E-state index contributed by atoms with van der Waals surface area (Å²) in [6.07, 6.45) is 0. The number of hydrogen-bond donors (Lipinski definition) is 2. The highest BCUT2D eigenvalue weighted by atomic mass is 16.2. The molecule has 0 aromatic heterocycles. The first-order valence-corrected chi connectivity index (χ1v) is 5.81. The third kappa shape index (κ3) is 3.75. The van der Waals surface area contributed by atoms with Gasteiger partial charge in [-0.1, -0.05) is 6.07 Å². The van der Waals surface area contributed by atoms with Gasteiger partial charge in [0.2, 0.25) is 5.91 Å². The molecule has 0 radical (unpaired) electrons. The summed E-state index contributed by atoms with van der Waals surface area (Å²) in [5.41, 5.74) is 7.35. The van der Waals surface area contributed by atoms with Crippen molar-refractivity contribution in [3.63, 3.8) is 0 Å². The summed E-state index contributed by atoms with van der Waals surface area (Å²) in [6.45, 7) is 5.90. The van der Waals surface area contributed by atoms with Crippen LogP contribution >= 0.6 is 0 Å². The highest BCUT2D eigenvalue weighted by molar-refractivity contribution is 5.94. The van der Waals surface area contributed by atoms with Crippen LogP contribution in [0.2, 0.25) is 0 Å². The molecule has 0 heterocycles. The number of nitrogens with one attached hydrogen (secondary N) is 1. The molecule has 0 aliphatic carbocycles. The maximum absolute atomic E-state index is 11.5. The summed E-state index contributed by atoms with van der Waals surface area (Å²) in [5, 5.41) is 2.78. The number of carbonyl (C=O) groups excluding carboxylic acids is 1. The van der Waals surface area contributed by atoms with Crippen LogP contribution in [-0.2, 0) is 4.79 Å². The molecule has 0 spiro atoms. The smallest absolute Gasteiger partial charge is 0.240 e. The quantitative estimate of drug-likeness (QED) is 0.837. The molecular weight excluding hydrogens is 214 g/mol. The second-order valence-corrected chi connectivity index (χ2v) is 4.53. The number of hydrogen-bond acceptors (Lipinski definition) is 3. The SMILES string of the molecule is CC(C)N(C)c1cccc(NC(=O)[C@@H](C)N)c1. The first kappa shape index (κ1) is 13.5. The van der Waals surface area contributed by atoms with E-state index in [1.165, 1.54) is 0 Å². The molecule has 0 saturated carbocycles. The Labute approximate surface area is 103 Å². The van der Waals surface area contributed by atoms with Gasteiger partial charge in [-0.15, -0.1) is 0 Å². The molecule has 1 atom stereocenters. The zero-order valence-corrected chi connectivity index (χ0v) is 10.9. The molecule has 94 valence electrons. The summed E-state index contributed by atoms with van der Waals surface area (Å²) in [7, 11) is 2.02. The second kappa shape index (κ2) is 5.68. The highest BCUT2D eigenvalue weighted by Gasteiger charge is 2.09. The number of nitrogens with two attached hydrogens (primary N) is 1. The van der Waals surface area contributed by atoms with Crippen molar-refractivity contribution in [2.24, 2.45) is 5.73 Å². The van der Waals surface area contributed by atoms with Gasteiger partial charge in [0.05, 0.1) is 6.04 Å². The minimum atomic E-state index is -0.499. The minimum absolute atomic E-state index is 0.172. The van der Waals surface area contributed by atoms with Crippen molar-refractivity contribution >= 4 is 17.3 Å². The summed E-state index contributed by atoms with van der Waals surface area (Å²) in [5.74, 6) is -0.172. The van der Waals surface area contributed by atoms with Gasteiger partial charge >= 0.3 is 0 Å². The zero-order chi connectivity index (χ0) is 13.0. The van der Waals surface area contributed by atoms with E-state index < -0.39 is 6.04 Å². The van der Waals surface area contributed by atoms with Gasteiger partial charge in [0.1, 0.15) is 0 Å². The average molecular weight is 235 g/mol. The zero-order valence-electron chi connectivity index (χ0n) is 10.9. The van der Waals surface area contributed by atoms with Crippen molar-refractivity contribution in [3.8, 4) is 0 Å². The molecule has 0 unspecified atom stereocenters. The lowest BCUT2D eigenvalue weighted by molar-refractivity contribution is -0.117. The van der Waals surface area contributed by atoms with Crippen LogP contribution in [0.4, 0.5) is 11.4 Å². The molecule has 0 saturated heterocycles. The van der Waals surface area contributed by atoms with Crippen molar-refractivity contribution in [1.82, 2.24) is 0 Å². The van der Waals surface area contributed by atoms with Crippen LogP contribution in [0.1, 0.15) is 20.8 Å². The van der Waals surface area contributed by atoms with E-state index in [-0.39, 0.29) is 5.91 Å². The molecule has 1 aromatic rings. The van der Waals surface area contributed by atoms with E-state index in [2.05, 4.69) is 24.1 Å². The van der Waals surface area contributed by atoms with E-state index in [9.17, 15) is 4.79 Å². The first-order chi connectivity index (χ1) is 7.91. The van der Waals surface area contributed by atoms with E-state index in [4.69, 9.17) is 5.73 Å². The van der Waals surface area contributed by atoms with Gasteiger partial charge in [-0.25, -0.2) is 0 Å². The Morgan fingerprint density at radius 3 is 2.53 bits per heavy atom. The molecule has 0 aliphatic rings. The lowest BCUT2D eigenvalue weighted by Crippen LogP contribution is -2.32. The Bertz CT molecular complexity index is 388. The summed E-state index contributed by atoms with van der Waals surface area (Å²) >= 11 is 0. The van der Waals surface area contributed by atoms with Crippen LogP contribution in [0.25, 0.3) is 0 Å². The second-order valence-electron chi connectivity index (χ2n) is 4.53. The first-order valence-electron chi connectivity index (χ1n) is 5.81. The molecule has 4 heteroatoms. The van der Waals surface area contributed by atoms with Gasteiger partial charge in [0, 0.05) is 24.5 Å². The lowest BCUT2D eigenvalue weighted by atomic mass is 10.2. The maximum atomic E-state index is 11.5. The fourth-order valence-electron chi connectivity index (χ4n) is 1.36. The molecule has 0 aliphatic heterocycles. The van der Waals surface area contributed by atoms with Gasteiger partial charge < -0.3 is 16.0 Å². The molecule has 3 N–H and O–H groups in total. The number of benzene rings is 1. The summed E-state index contributed by atoms with van der Waals surface area (Å²) in [6, 6.07) is 7.65. The average Bonchev–Trinajstić information content (AvgIpc) is 2.28. The van der Waals surface area contributed by atoms with E-state index in [0.717, 1.165) is 11.4 Å². The highest BCUT2D eigenvalue weighted by Crippen LogP contribution is 2.20. The minimum Gasteiger partial charge on any atom is -0.372 e. The standard InChI is InChI=1S/C13H21N3O/c1-9(2)16(4)12-7-5-6-11(8-12)15-13(17)10(3)14/h5-10H,14H2,1-4H3,(H,15,17)/t10-/m1/s1. The number of nitrogens with zero attached hydrogens (tertiary/aromatic N) is 1. The summed E-state index contributed by atoms with van der Waals surface area (Å²) in [4.78, 5) is 13.6. The van der Waals surface area contributed by atoms with Gasteiger partial charge in [-0.2, -0.15) is 0 Å². The number of rotatable bonds is 4. The number of carbonyl (C=O) groups is 1. The van der Waals surface area contributed by atoms with E-state index >= 15 is 0 Å². The Hall–Kier alpha value is -1.55. The Balaban J connectivity index is 2.83. The van der Waals surface area contributed by atoms with Crippen molar-refractivity contribution in [2.45, 2.75) is 32.9 Å². The Kier molecular flexibility index (Phi) is 4.52. The molecule has 1 amide bonds. The molecule has 1 aromatic carbocycles. The summed E-state index contributed by atoms with van der Waals surface area (Å²) < 4.78 is 0. The van der Waals surface area contributed by atoms with Crippen molar-refractivity contribution < 1.29 is 4.79 Å². The van der Waals surface area contributed by atoms with Gasteiger partial charge in [0.25, 0.3) is 0 Å². The van der Waals surface area contributed by atoms with E-state index in [1.807, 2.05) is 31.3 Å². The molecule has 0 bridgehead atoms. The van der Waals surface area contributed by atoms with Crippen molar-refractivity contribution in [2.75, 3.05) is 17.3 Å². The normalized spacial score (nSPS) is 12.4. The number of anilines is 2. The van der Waals surface area contributed by atoms with E-state index in [0.29, 0.717) is 6.04 Å². The van der Waals surface area contributed by atoms with Crippen LogP contribution in [0.15, 0.2) is 24.3 Å². The molecular formula is C13H21N3O. The van der Waals surface area contributed by atoms with Crippen LogP contribution in [-0.4, -0.2) is 25.0 Å². The van der Waals surface area contributed by atoms with Crippen molar-refractivity contribution in [1.29, 1.82) is 0 Å².